The highest BCUT2D eigenvalue weighted by atomic mass is 15.3. The van der Waals surface area contributed by atoms with Crippen LogP contribution in [0.2, 0.25) is 0 Å². The van der Waals surface area contributed by atoms with Gasteiger partial charge < -0.3 is 19.6 Å². The molecular formula is C16H35N7+2. The molecule has 0 saturated heterocycles. The van der Waals surface area contributed by atoms with Gasteiger partial charge in [0.15, 0.2) is 0 Å². The normalized spacial score (nSPS) is 12.3. The second-order valence-electron chi connectivity index (χ2n) is 8.12. The summed E-state index contributed by atoms with van der Waals surface area (Å²) in [5.41, 5.74) is 0. The molecule has 0 amide bonds. The van der Waals surface area contributed by atoms with Crippen molar-refractivity contribution in [1.82, 2.24) is 15.0 Å². The van der Waals surface area contributed by atoms with Crippen LogP contribution in [-0.4, -0.2) is 92.4 Å². The number of nitrogens with zero attached hydrogens (tertiary/aromatic N) is 5. The standard InChI is InChI=1S/C16H35N7/c1-14-19-15(17-10-8-12-22(2,3)4)21-16(20-14)18-11-9-13-23(5,6)7/h8-13H2,1-7H3,(H2,17,18,19,20,21)/q+2. The SMILES string of the molecule is Cc1nc(NCCC[N+](C)(C)C)nc(NCCC[N+](C)(C)C)n1. The van der Waals surface area contributed by atoms with Crippen LogP contribution in [0.3, 0.4) is 0 Å². The van der Waals surface area contributed by atoms with E-state index in [0.717, 1.165) is 53.8 Å². The van der Waals surface area contributed by atoms with Crippen LogP contribution >= 0.6 is 0 Å². The van der Waals surface area contributed by atoms with E-state index in [4.69, 9.17) is 0 Å². The molecule has 0 bridgehead atoms. The molecule has 0 radical (unpaired) electrons. The third-order valence-electron chi connectivity index (χ3n) is 3.32. The minimum atomic E-state index is 0.660. The van der Waals surface area contributed by atoms with Crippen molar-refractivity contribution in [2.45, 2.75) is 19.8 Å². The van der Waals surface area contributed by atoms with Crippen LogP contribution in [0.15, 0.2) is 0 Å². The van der Waals surface area contributed by atoms with Crippen LogP contribution in [0, 0.1) is 6.92 Å². The van der Waals surface area contributed by atoms with Gasteiger partial charge in [-0.3, -0.25) is 0 Å². The molecule has 0 aliphatic heterocycles. The Balaban J connectivity index is 2.42. The van der Waals surface area contributed by atoms with Gasteiger partial charge in [0.2, 0.25) is 11.9 Å². The highest BCUT2D eigenvalue weighted by molar-refractivity contribution is 5.34. The lowest BCUT2D eigenvalue weighted by molar-refractivity contribution is -0.870. The van der Waals surface area contributed by atoms with Gasteiger partial charge in [0.05, 0.1) is 55.4 Å². The monoisotopic (exact) mass is 325 g/mol. The molecule has 0 spiro atoms. The molecule has 0 aliphatic rings. The van der Waals surface area contributed by atoms with Gasteiger partial charge in [-0.25, -0.2) is 0 Å². The molecule has 2 N–H and O–H groups in total. The summed E-state index contributed by atoms with van der Waals surface area (Å²) < 4.78 is 1.94. The smallest absolute Gasteiger partial charge is 0.227 e. The van der Waals surface area contributed by atoms with Crippen LogP contribution in [0.1, 0.15) is 18.7 Å². The number of hydrogen-bond acceptors (Lipinski definition) is 5. The van der Waals surface area contributed by atoms with E-state index in [2.05, 4.69) is 67.9 Å². The molecule has 7 nitrogen and oxygen atoms in total. The van der Waals surface area contributed by atoms with Gasteiger partial charge in [-0.2, -0.15) is 15.0 Å². The Kier molecular flexibility index (Phi) is 7.15. The van der Waals surface area contributed by atoms with Crippen LogP contribution < -0.4 is 10.6 Å². The maximum Gasteiger partial charge on any atom is 0.227 e. The lowest BCUT2D eigenvalue weighted by Gasteiger charge is -2.23. The predicted octanol–water partition coefficient (Wildman–Crippen LogP) is 1.20. The molecule has 1 aromatic heterocycles. The van der Waals surface area contributed by atoms with Crippen molar-refractivity contribution in [2.75, 3.05) is 79.1 Å². The van der Waals surface area contributed by atoms with E-state index in [-0.39, 0.29) is 0 Å². The molecule has 0 aromatic carbocycles. The zero-order valence-corrected chi connectivity index (χ0v) is 16.0. The molecule has 7 heteroatoms. The zero-order chi connectivity index (χ0) is 17.5. The summed E-state index contributed by atoms with van der Waals surface area (Å²) in [4.78, 5) is 13.2. The molecule has 0 unspecified atom stereocenters. The summed E-state index contributed by atoms with van der Waals surface area (Å²) in [6.45, 7) is 5.89. The second kappa shape index (κ2) is 8.40. The van der Waals surface area contributed by atoms with Crippen molar-refractivity contribution in [2.24, 2.45) is 0 Å². The molecular weight excluding hydrogens is 290 g/mol. The Morgan fingerprint density at radius 3 is 1.43 bits per heavy atom. The summed E-state index contributed by atoms with van der Waals surface area (Å²) >= 11 is 0. The molecule has 132 valence electrons. The average Bonchev–Trinajstić information content (AvgIpc) is 2.37. The average molecular weight is 326 g/mol. The fourth-order valence-electron chi connectivity index (χ4n) is 2.15. The number of aryl methyl sites for hydroxylation is 1. The van der Waals surface area contributed by atoms with Gasteiger partial charge in [-0.05, 0) is 6.92 Å². The second-order valence-corrected chi connectivity index (χ2v) is 8.12. The molecule has 0 aliphatic carbocycles. The van der Waals surface area contributed by atoms with E-state index < -0.39 is 0 Å². The number of hydrogen-bond donors (Lipinski definition) is 2. The van der Waals surface area contributed by atoms with E-state index in [1.807, 2.05) is 6.92 Å². The fraction of sp³-hybridized carbons (Fsp3) is 0.812. The third kappa shape index (κ3) is 10.0. The number of aromatic nitrogens is 3. The van der Waals surface area contributed by atoms with E-state index in [1.54, 1.807) is 0 Å². The van der Waals surface area contributed by atoms with Crippen molar-refractivity contribution in [3.8, 4) is 0 Å². The van der Waals surface area contributed by atoms with Gasteiger partial charge in [0, 0.05) is 25.9 Å². The summed E-state index contributed by atoms with van der Waals surface area (Å²) in [6, 6.07) is 0. The maximum atomic E-state index is 4.45. The van der Waals surface area contributed by atoms with Crippen molar-refractivity contribution in [3.63, 3.8) is 0 Å². The third-order valence-corrected chi connectivity index (χ3v) is 3.32. The van der Waals surface area contributed by atoms with Crippen molar-refractivity contribution in [3.05, 3.63) is 5.82 Å². The maximum absolute atomic E-state index is 4.45. The Morgan fingerprint density at radius 1 is 0.696 bits per heavy atom. The first-order chi connectivity index (χ1) is 10.6. The first-order valence-corrected chi connectivity index (χ1v) is 8.36. The topological polar surface area (TPSA) is 62.7 Å². The van der Waals surface area contributed by atoms with Gasteiger partial charge in [0.1, 0.15) is 5.82 Å². The van der Waals surface area contributed by atoms with Crippen LogP contribution in [0.5, 0.6) is 0 Å². The molecule has 0 atom stereocenters. The number of anilines is 2. The Labute approximate surface area is 141 Å². The first-order valence-electron chi connectivity index (χ1n) is 8.36. The minimum absolute atomic E-state index is 0.660. The molecule has 1 rings (SSSR count). The summed E-state index contributed by atoms with van der Waals surface area (Å²) in [5, 5.41) is 6.60. The van der Waals surface area contributed by atoms with E-state index in [0.29, 0.717) is 11.9 Å². The van der Waals surface area contributed by atoms with Crippen molar-refractivity contribution >= 4 is 11.9 Å². The number of quaternary nitrogens is 2. The quantitative estimate of drug-likeness (QED) is 0.500. The van der Waals surface area contributed by atoms with Crippen molar-refractivity contribution in [1.29, 1.82) is 0 Å². The molecule has 1 aromatic rings. The minimum Gasteiger partial charge on any atom is -0.354 e. The number of rotatable bonds is 10. The van der Waals surface area contributed by atoms with E-state index in [9.17, 15) is 0 Å². The van der Waals surface area contributed by atoms with Gasteiger partial charge >= 0.3 is 0 Å². The Morgan fingerprint density at radius 2 is 1.09 bits per heavy atom. The summed E-state index contributed by atoms with van der Waals surface area (Å²) in [5.74, 6) is 2.06. The largest absolute Gasteiger partial charge is 0.354 e. The lowest BCUT2D eigenvalue weighted by atomic mass is 10.3. The highest BCUT2D eigenvalue weighted by Crippen LogP contribution is 2.06. The Hall–Kier alpha value is -1.47. The Bertz CT molecular complexity index is 434. The van der Waals surface area contributed by atoms with Crippen LogP contribution in [-0.2, 0) is 0 Å². The zero-order valence-electron chi connectivity index (χ0n) is 16.0. The van der Waals surface area contributed by atoms with Gasteiger partial charge in [-0.1, -0.05) is 0 Å². The first kappa shape index (κ1) is 19.6. The number of nitrogens with one attached hydrogen (secondary N) is 2. The summed E-state index contributed by atoms with van der Waals surface area (Å²) in [6.07, 6.45) is 2.17. The van der Waals surface area contributed by atoms with Gasteiger partial charge in [-0.15, -0.1) is 0 Å². The fourth-order valence-corrected chi connectivity index (χ4v) is 2.15. The van der Waals surface area contributed by atoms with Crippen LogP contribution in [0.25, 0.3) is 0 Å². The molecule has 1 heterocycles. The molecule has 0 saturated carbocycles. The van der Waals surface area contributed by atoms with E-state index in [1.165, 1.54) is 0 Å². The molecule has 23 heavy (non-hydrogen) atoms. The van der Waals surface area contributed by atoms with Crippen molar-refractivity contribution < 1.29 is 8.97 Å². The molecule has 0 fully saturated rings. The predicted molar refractivity (Wildman–Crippen MR) is 96.6 cm³/mol. The summed E-state index contributed by atoms with van der Waals surface area (Å²) in [7, 11) is 13.2. The van der Waals surface area contributed by atoms with Crippen LogP contribution in [0.4, 0.5) is 11.9 Å². The van der Waals surface area contributed by atoms with Gasteiger partial charge in [0.25, 0.3) is 0 Å². The van der Waals surface area contributed by atoms with E-state index >= 15 is 0 Å². The highest BCUT2D eigenvalue weighted by Gasteiger charge is 2.08. The lowest BCUT2D eigenvalue weighted by Crippen LogP contribution is -2.36.